The molecule has 0 aliphatic rings. The number of rotatable bonds is 1. The van der Waals surface area contributed by atoms with E-state index in [1.54, 1.807) is 0 Å². The first-order valence-electron chi connectivity index (χ1n) is 1.48. The van der Waals surface area contributed by atoms with Gasteiger partial charge in [-0.1, -0.05) is 23.2 Å². The van der Waals surface area contributed by atoms with Crippen LogP contribution in [-0.2, 0) is 0 Å². The van der Waals surface area contributed by atoms with E-state index in [0.29, 0.717) is 3.94 Å². The number of halogens is 4. The van der Waals surface area contributed by atoms with Gasteiger partial charge in [0.05, 0.1) is 0 Å². The molecule has 8 heavy (non-hydrogen) atoms. The van der Waals surface area contributed by atoms with Crippen molar-refractivity contribution in [2.75, 3.05) is 0 Å². The van der Waals surface area contributed by atoms with Crippen LogP contribution in [0.3, 0.4) is 0 Å². The highest BCUT2D eigenvalue weighted by Gasteiger charge is 2.02. The van der Waals surface area contributed by atoms with Crippen molar-refractivity contribution in [2.24, 2.45) is 5.73 Å². The summed E-state index contributed by atoms with van der Waals surface area (Å²) >= 11 is 20.5. The molecule has 0 aliphatic carbocycles. The molecule has 0 aromatic carbocycles. The second-order valence-corrected chi connectivity index (χ2v) is 2.49. The van der Waals surface area contributed by atoms with Crippen molar-refractivity contribution in [3.8, 4) is 0 Å². The molecule has 2 N–H and O–H groups in total. The van der Waals surface area contributed by atoms with Gasteiger partial charge < -0.3 is 5.73 Å². The van der Waals surface area contributed by atoms with Crippen LogP contribution in [0.25, 0.3) is 0 Å². The van der Waals surface area contributed by atoms with E-state index >= 15 is 0 Å². The number of hydrogen-bond donors (Lipinski definition) is 1. The average molecular weight is 196 g/mol. The van der Waals surface area contributed by atoms with Crippen LogP contribution in [0.15, 0.2) is 10.3 Å². The van der Waals surface area contributed by atoms with E-state index in [9.17, 15) is 0 Å². The second kappa shape index (κ2) is 3.51. The molecule has 0 saturated carbocycles. The first-order chi connectivity index (χ1) is 3.55. The molecule has 0 aliphatic heterocycles. The van der Waals surface area contributed by atoms with Gasteiger partial charge in [-0.3, -0.25) is 0 Å². The Bertz CT molecular complexity index is 105. The van der Waals surface area contributed by atoms with E-state index in [2.05, 4.69) is 0 Å². The second-order valence-electron chi connectivity index (χ2n) is 0.872. The fourth-order valence-electron chi connectivity index (χ4n) is 0.0807. The van der Waals surface area contributed by atoms with Crippen molar-refractivity contribution in [2.45, 2.75) is 0 Å². The molecule has 0 rings (SSSR count). The van der Waals surface area contributed by atoms with Gasteiger partial charge in [0.2, 0.25) is 0 Å². The summed E-state index contributed by atoms with van der Waals surface area (Å²) in [6, 6.07) is 0. The van der Waals surface area contributed by atoms with Gasteiger partial charge >= 0.3 is 0 Å². The first-order valence-corrected chi connectivity index (χ1v) is 2.91. The minimum Gasteiger partial charge on any atom is -0.387 e. The van der Waals surface area contributed by atoms with Gasteiger partial charge in [-0.15, -0.1) is 0 Å². The summed E-state index contributed by atoms with van der Waals surface area (Å²) in [5, 5.41) is -0.244. The molecular formula is C2H2Cl4N2. The summed E-state index contributed by atoms with van der Waals surface area (Å²) in [5.41, 5.74) is 4.94. The van der Waals surface area contributed by atoms with Crippen molar-refractivity contribution >= 4 is 46.8 Å². The lowest BCUT2D eigenvalue weighted by Gasteiger charge is -2.01. The summed E-state index contributed by atoms with van der Waals surface area (Å²) in [5.74, 6) is 0. The fraction of sp³-hybridized carbons (Fsp3) is 0. The Morgan fingerprint density at radius 1 is 1.25 bits per heavy atom. The van der Waals surface area contributed by atoms with Gasteiger partial charge in [0.1, 0.15) is 5.16 Å². The Morgan fingerprint density at radius 2 is 1.62 bits per heavy atom. The van der Waals surface area contributed by atoms with E-state index in [1.165, 1.54) is 0 Å². The SMILES string of the molecule is N/C(Cl)=C(\Cl)N(Cl)Cl. The van der Waals surface area contributed by atoms with Gasteiger partial charge in [-0.05, 0) is 0 Å². The van der Waals surface area contributed by atoms with Gasteiger partial charge in [-0.2, -0.15) is 3.94 Å². The van der Waals surface area contributed by atoms with Crippen LogP contribution in [0, 0.1) is 0 Å². The van der Waals surface area contributed by atoms with Crippen molar-refractivity contribution < 1.29 is 0 Å². The van der Waals surface area contributed by atoms with Crippen LogP contribution >= 0.6 is 46.8 Å². The van der Waals surface area contributed by atoms with Gasteiger partial charge in [0.25, 0.3) is 0 Å². The number of nitrogens with zero attached hydrogens (tertiary/aromatic N) is 1. The molecule has 0 amide bonds. The minimum absolute atomic E-state index is 0.102. The van der Waals surface area contributed by atoms with Crippen LogP contribution < -0.4 is 5.73 Å². The lowest BCUT2D eigenvalue weighted by Crippen LogP contribution is -1.99. The topological polar surface area (TPSA) is 29.3 Å². The largest absolute Gasteiger partial charge is 0.387 e. The molecule has 0 unspecified atom stereocenters. The highest BCUT2D eigenvalue weighted by atomic mass is 35.5. The quantitative estimate of drug-likeness (QED) is 0.514. The Morgan fingerprint density at radius 3 is 1.62 bits per heavy atom. The molecule has 48 valence electrons. The maximum absolute atomic E-state index is 5.24. The normalized spacial score (nSPS) is 13.0. The zero-order valence-electron chi connectivity index (χ0n) is 3.54. The summed E-state index contributed by atoms with van der Waals surface area (Å²) in [4.78, 5) is 0. The maximum atomic E-state index is 5.24. The molecule has 0 fully saturated rings. The molecule has 0 aromatic heterocycles. The Balaban J connectivity index is 4.00. The summed E-state index contributed by atoms with van der Waals surface area (Å²) < 4.78 is 0.573. The van der Waals surface area contributed by atoms with Crippen LogP contribution in [0.5, 0.6) is 0 Å². The first kappa shape index (κ1) is 8.50. The zero-order valence-corrected chi connectivity index (χ0v) is 6.56. The van der Waals surface area contributed by atoms with Crippen molar-refractivity contribution in [3.05, 3.63) is 10.3 Å². The number of hydrogen-bond acceptors (Lipinski definition) is 2. The van der Waals surface area contributed by atoms with E-state index in [0.717, 1.165) is 0 Å². The van der Waals surface area contributed by atoms with Crippen molar-refractivity contribution in [1.82, 2.24) is 3.94 Å². The van der Waals surface area contributed by atoms with E-state index in [-0.39, 0.29) is 10.3 Å². The zero-order chi connectivity index (χ0) is 6.73. The monoisotopic (exact) mass is 194 g/mol. The summed E-state index contributed by atoms with van der Waals surface area (Å²) in [7, 11) is 0. The third-order valence-electron chi connectivity index (χ3n) is 0.345. The van der Waals surface area contributed by atoms with Gasteiger partial charge in [0.15, 0.2) is 5.16 Å². The average Bonchev–Trinajstić information content (AvgIpc) is 1.64. The third-order valence-corrected chi connectivity index (χ3v) is 1.50. The predicted octanol–water partition coefficient (Wildman–Crippen LogP) is 2.16. The fourth-order valence-corrected chi connectivity index (χ4v) is 0.434. The Hall–Kier alpha value is 0.500. The smallest absolute Gasteiger partial charge is 0.171 e. The van der Waals surface area contributed by atoms with Gasteiger partial charge in [-0.25, -0.2) is 0 Å². The van der Waals surface area contributed by atoms with E-state index < -0.39 is 0 Å². The predicted molar refractivity (Wildman–Crippen MR) is 36.5 cm³/mol. The molecule has 0 bridgehead atoms. The van der Waals surface area contributed by atoms with Crippen molar-refractivity contribution in [3.63, 3.8) is 0 Å². The molecule has 0 saturated heterocycles. The number of nitrogens with two attached hydrogens (primary N) is 1. The van der Waals surface area contributed by atoms with Crippen LogP contribution in [0.1, 0.15) is 0 Å². The lowest BCUT2D eigenvalue weighted by atomic mass is 10.9. The highest BCUT2D eigenvalue weighted by Crippen LogP contribution is 2.18. The van der Waals surface area contributed by atoms with E-state index in [1.807, 2.05) is 0 Å². The molecule has 0 atom stereocenters. The third kappa shape index (κ3) is 2.72. The Kier molecular flexibility index (Phi) is 3.73. The standard InChI is InChI=1S/C2H2Cl4N2/c3-1(7)2(4)8(5)6/h7H2/b2-1+. The summed E-state index contributed by atoms with van der Waals surface area (Å²) in [6.07, 6.45) is 0. The molecule has 2 nitrogen and oxygen atoms in total. The van der Waals surface area contributed by atoms with E-state index in [4.69, 9.17) is 52.5 Å². The Labute approximate surface area is 67.0 Å². The molecule has 0 radical (unpaired) electrons. The molecule has 0 heterocycles. The molecular weight excluding hydrogens is 194 g/mol. The maximum Gasteiger partial charge on any atom is 0.171 e. The summed E-state index contributed by atoms with van der Waals surface area (Å²) in [6.45, 7) is 0. The highest BCUT2D eigenvalue weighted by molar-refractivity contribution is 6.46. The lowest BCUT2D eigenvalue weighted by molar-refractivity contribution is 0.945. The minimum atomic E-state index is -0.142. The molecule has 0 aromatic rings. The molecule has 6 heteroatoms. The van der Waals surface area contributed by atoms with Crippen LogP contribution in [0.4, 0.5) is 0 Å². The van der Waals surface area contributed by atoms with Crippen LogP contribution in [0.2, 0.25) is 0 Å². The van der Waals surface area contributed by atoms with Gasteiger partial charge in [0, 0.05) is 23.6 Å². The van der Waals surface area contributed by atoms with Crippen LogP contribution in [-0.4, -0.2) is 3.94 Å². The molecule has 0 spiro atoms. The van der Waals surface area contributed by atoms with Crippen molar-refractivity contribution in [1.29, 1.82) is 0 Å².